The third kappa shape index (κ3) is 3.07. The summed E-state index contributed by atoms with van der Waals surface area (Å²) in [6.45, 7) is 0. The van der Waals surface area contributed by atoms with Crippen LogP contribution < -0.4 is 9.47 Å². The van der Waals surface area contributed by atoms with Gasteiger partial charge in [-0.3, -0.25) is 4.79 Å². The van der Waals surface area contributed by atoms with Crippen LogP contribution in [0.4, 0.5) is 0 Å². The minimum Gasteiger partial charge on any atom is -0.497 e. The lowest BCUT2D eigenvalue weighted by atomic mass is 10.3. The van der Waals surface area contributed by atoms with Crippen molar-refractivity contribution in [2.75, 3.05) is 7.11 Å². The highest BCUT2D eigenvalue weighted by Gasteiger charge is 2.09. The summed E-state index contributed by atoms with van der Waals surface area (Å²) in [7, 11) is 1.57. The average molecular weight is 233 g/mol. The molecule has 0 fully saturated rings. The molecule has 0 radical (unpaired) electrons. The molecular weight excluding hydrogens is 222 g/mol. The number of carbonyl (C=O) groups excluding carboxylic acids is 1. The number of rotatable bonds is 4. The van der Waals surface area contributed by atoms with Crippen molar-refractivity contribution in [1.82, 2.24) is 5.16 Å². The van der Waals surface area contributed by atoms with Gasteiger partial charge < -0.3 is 14.0 Å². The molecular formula is C12H11NO4. The van der Waals surface area contributed by atoms with E-state index in [0.29, 0.717) is 17.3 Å². The van der Waals surface area contributed by atoms with E-state index in [9.17, 15) is 4.79 Å². The molecule has 0 atom stereocenters. The predicted octanol–water partition coefficient (Wildman–Crippen LogP) is 1.83. The van der Waals surface area contributed by atoms with E-state index in [-0.39, 0.29) is 6.42 Å². The van der Waals surface area contributed by atoms with E-state index in [0.717, 1.165) is 0 Å². The molecule has 0 unspecified atom stereocenters. The van der Waals surface area contributed by atoms with Gasteiger partial charge in [-0.2, -0.15) is 0 Å². The highest BCUT2D eigenvalue weighted by molar-refractivity contribution is 5.74. The maximum Gasteiger partial charge on any atom is 0.318 e. The van der Waals surface area contributed by atoms with E-state index in [2.05, 4.69) is 5.16 Å². The third-order valence-electron chi connectivity index (χ3n) is 2.10. The zero-order chi connectivity index (χ0) is 12.1. The topological polar surface area (TPSA) is 61.6 Å². The smallest absolute Gasteiger partial charge is 0.318 e. The normalized spacial score (nSPS) is 9.94. The zero-order valence-electron chi connectivity index (χ0n) is 9.25. The molecule has 2 rings (SSSR count). The summed E-state index contributed by atoms with van der Waals surface area (Å²) in [6, 6.07) is 8.39. The van der Waals surface area contributed by atoms with Gasteiger partial charge in [0.05, 0.1) is 13.3 Å². The average Bonchev–Trinajstić information content (AvgIpc) is 2.82. The van der Waals surface area contributed by atoms with Gasteiger partial charge in [-0.05, 0) is 24.3 Å². The molecule has 1 aromatic carbocycles. The largest absolute Gasteiger partial charge is 0.497 e. The van der Waals surface area contributed by atoms with Crippen molar-refractivity contribution in [3.8, 4) is 11.5 Å². The Labute approximate surface area is 97.9 Å². The molecule has 0 bridgehead atoms. The van der Waals surface area contributed by atoms with E-state index < -0.39 is 5.97 Å². The molecule has 5 heteroatoms. The highest BCUT2D eigenvalue weighted by Crippen LogP contribution is 2.17. The standard InChI is InChI=1S/C12H11NO4/c1-15-9-2-4-10(5-3-9)16-12(14)8-11-6-7-13-17-11/h2-7H,8H2,1H3. The van der Waals surface area contributed by atoms with Gasteiger partial charge in [0, 0.05) is 6.07 Å². The van der Waals surface area contributed by atoms with Gasteiger partial charge in [0.25, 0.3) is 0 Å². The molecule has 5 nitrogen and oxygen atoms in total. The summed E-state index contributed by atoms with van der Waals surface area (Å²) in [5.74, 6) is 1.26. The van der Waals surface area contributed by atoms with E-state index in [1.54, 1.807) is 37.4 Å². The number of aromatic nitrogens is 1. The van der Waals surface area contributed by atoms with Crippen molar-refractivity contribution < 1.29 is 18.8 Å². The number of esters is 1. The lowest BCUT2D eigenvalue weighted by molar-refractivity contribution is -0.133. The van der Waals surface area contributed by atoms with Gasteiger partial charge in [-0.1, -0.05) is 5.16 Å². The number of nitrogens with zero attached hydrogens (tertiary/aromatic N) is 1. The Morgan fingerprint density at radius 3 is 2.53 bits per heavy atom. The second kappa shape index (κ2) is 5.16. The molecule has 0 saturated heterocycles. The van der Waals surface area contributed by atoms with Crippen LogP contribution in [-0.2, 0) is 11.2 Å². The first-order valence-corrected chi connectivity index (χ1v) is 5.02. The van der Waals surface area contributed by atoms with Crippen molar-refractivity contribution in [2.24, 2.45) is 0 Å². The van der Waals surface area contributed by atoms with Crippen molar-refractivity contribution in [1.29, 1.82) is 0 Å². The van der Waals surface area contributed by atoms with Gasteiger partial charge in [-0.25, -0.2) is 0 Å². The molecule has 2 aromatic rings. The lowest BCUT2D eigenvalue weighted by Crippen LogP contribution is -2.10. The SMILES string of the molecule is COc1ccc(OC(=O)Cc2ccno2)cc1. The van der Waals surface area contributed by atoms with Gasteiger partial charge >= 0.3 is 5.97 Å². The van der Waals surface area contributed by atoms with E-state index in [1.165, 1.54) is 6.20 Å². The monoisotopic (exact) mass is 233 g/mol. The van der Waals surface area contributed by atoms with Crippen molar-refractivity contribution in [2.45, 2.75) is 6.42 Å². The number of carbonyl (C=O) groups is 1. The minimum absolute atomic E-state index is 0.0615. The third-order valence-corrected chi connectivity index (χ3v) is 2.10. The van der Waals surface area contributed by atoms with Crippen molar-refractivity contribution >= 4 is 5.97 Å². The Morgan fingerprint density at radius 1 is 1.24 bits per heavy atom. The fourth-order valence-electron chi connectivity index (χ4n) is 1.29. The Kier molecular flexibility index (Phi) is 3.40. The summed E-state index contributed by atoms with van der Waals surface area (Å²) >= 11 is 0. The second-order valence-corrected chi connectivity index (χ2v) is 3.31. The first-order chi connectivity index (χ1) is 8.28. The molecule has 88 valence electrons. The molecule has 0 saturated carbocycles. The maximum atomic E-state index is 11.5. The molecule has 0 N–H and O–H groups in total. The number of hydrogen-bond donors (Lipinski definition) is 0. The number of hydrogen-bond acceptors (Lipinski definition) is 5. The first-order valence-electron chi connectivity index (χ1n) is 5.02. The predicted molar refractivity (Wildman–Crippen MR) is 58.8 cm³/mol. The van der Waals surface area contributed by atoms with Gasteiger partial charge in [0.1, 0.15) is 23.7 Å². The van der Waals surface area contributed by atoms with E-state index in [1.807, 2.05) is 0 Å². The van der Waals surface area contributed by atoms with E-state index in [4.69, 9.17) is 14.0 Å². The lowest BCUT2D eigenvalue weighted by Gasteiger charge is -2.04. The van der Waals surface area contributed by atoms with Crippen molar-refractivity contribution in [3.05, 3.63) is 42.3 Å². The van der Waals surface area contributed by atoms with Crippen LogP contribution in [0.3, 0.4) is 0 Å². The Morgan fingerprint density at radius 2 is 1.94 bits per heavy atom. The Hall–Kier alpha value is -2.30. The van der Waals surface area contributed by atoms with Crippen LogP contribution in [0.15, 0.2) is 41.1 Å². The molecule has 0 aliphatic rings. The van der Waals surface area contributed by atoms with Crippen LogP contribution in [0.25, 0.3) is 0 Å². The fourth-order valence-corrected chi connectivity index (χ4v) is 1.29. The molecule has 17 heavy (non-hydrogen) atoms. The van der Waals surface area contributed by atoms with Crippen molar-refractivity contribution in [3.63, 3.8) is 0 Å². The first kappa shape index (κ1) is 11.2. The summed E-state index contributed by atoms with van der Waals surface area (Å²) in [5.41, 5.74) is 0. The van der Waals surface area contributed by atoms with E-state index >= 15 is 0 Å². The van der Waals surface area contributed by atoms with Crippen LogP contribution in [0.5, 0.6) is 11.5 Å². The summed E-state index contributed by atoms with van der Waals surface area (Å²) in [4.78, 5) is 11.5. The molecule has 0 aliphatic heterocycles. The molecule has 1 aromatic heterocycles. The van der Waals surface area contributed by atoms with Gasteiger partial charge in [0.15, 0.2) is 0 Å². The zero-order valence-corrected chi connectivity index (χ0v) is 9.25. The number of methoxy groups -OCH3 is 1. The van der Waals surface area contributed by atoms with Crippen LogP contribution in [-0.4, -0.2) is 18.2 Å². The Bertz CT molecular complexity index is 476. The quantitative estimate of drug-likeness (QED) is 0.595. The second-order valence-electron chi connectivity index (χ2n) is 3.31. The fraction of sp³-hybridized carbons (Fsp3) is 0.167. The number of ether oxygens (including phenoxy) is 2. The molecule has 0 aliphatic carbocycles. The van der Waals surface area contributed by atoms with Crippen LogP contribution in [0, 0.1) is 0 Å². The number of benzene rings is 1. The van der Waals surface area contributed by atoms with Crippen LogP contribution in [0.1, 0.15) is 5.76 Å². The maximum absolute atomic E-state index is 11.5. The minimum atomic E-state index is -0.396. The molecule has 0 spiro atoms. The van der Waals surface area contributed by atoms with Gasteiger partial charge in [-0.15, -0.1) is 0 Å². The summed E-state index contributed by atoms with van der Waals surface area (Å²) < 4.78 is 14.9. The van der Waals surface area contributed by atoms with Gasteiger partial charge in [0.2, 0.25) is 0 Å². The highest BCUT2D eigenvalue weighted by atomic mass is 16.5. The molecule has 0 amide bonds. The Balaban J connectivity index is 1.93. The van der Waals surface area contributed by atoms with Crippen LogP contribution in [0.2, 0.25) is 0 Å². The summed E-state index contributed by atoms with van der Waals surface area (Å²) in [5, 5.41) is 3.51. The molecule has 1 heterocycles. The van der Waals surface area contributed by atoms with Crippen LogP contribution >= 0.6 is 0 Å². The summed E-state index contributed by atoms with van der Waals surface area (Å²) in [6.07, 6.45) is 1.54.